The van der Waals surface area contributed by atoms with Crippen LogP contribution < -0.4 is 5.73 Å². The minimum atomic E-state index is -0.716. The third kappa shape index (κ3) is 4.81. The maximum Gasteiger partial charge on any atom is 0.141 e. The van der Waals surface area contributed by atoms with Crippen molar-refractivity contribution in [2.75, 3.05) is 13.1 Å². The molecule has 1 aromatic heterocycles. The van der Waals surface area contributed by atoms with E-state index in [0.717, 1.165) is 12.1 Å². The van der Waals surface area contributed by atoms with Gasteiger partial charge in [-0.1, -0.05) is 6.92 Å². The molecule has 100 valence electrons. The van der Waals surface area contributed by atoms with Gasteiger partial charge < -0.3 is 10.8 Å². The van der Waals surface area contributed by atoms with Gasteiger partial charge in [0.1, 0.15) is 11.5 Å². The molecule has 4 N–H and O–H groups in total. The predicted molar refractivity (Wildman–Crippen MR) is 72.5 cm³/mol. The number of hydrogen-bond acceptors (Lipinski definition) is 4. The molecule has 0 amide bonds. The van der Waals surface area contributed by atoms with Gasteiger partial charge in [-0.3, -0.25) is 15.3 Å². The average Bonchev–Trinajstić information content (AvgIpc) is 2.26. The van der Waals surface area contributed by atoms with Crippen LogP contribution in [0.2, 0.25) is 0 Å². The highest BCUT2D eigenvalue weighted by Crippen LogP contribution is 2.10. The molecule has 0 fully saturated rings. The third-order valence-corrected chi connectivity index (χ3v) is 2.56. The van der Waals surface area contributed by atoms with Crippen LogP contribution in [0.4, 0.5) is 0 Å². The van der Waals surface area contributed by atoms with Crippen molar-refractivity contribution in [3.05, 3.63) is 29.6 Å². The van der Waals surface area contributed by atoms with E-state index in [-0.39, 0.29) is 5.84 Å². The first kappa shape index (κ1) is 14.6. The number of pyridine rings is 1. The number of hydrogen-bond donors (Lipinski definition) is 3. The van der Waals surface area contributed by atoms with Gasteiger partial charge in [-0.15, -0.1) is 0 Å². The van der Waals surface area contributed by atoms with Crippen molar-refractivity contribution >= 4 is 5.84 Å². The quantitative estimate of drug-likeness (QED) is 0.518. The lowest BCUT2D eigenvalue weighted by atomic mass is 10.1. The molecule has 1 rings (SSSR count). The molecule has 5 nitrogen and oxygen atoms in total. The summed E-state index contributed by atoms with van der Waals surface area (Å²) in [5, 5.41) is 17.2. The number of nitrogens with zero attached hydrogens (tertiary/aromatic N) is 2. The lowest BCUT2D eigenvalue weighted by molar-refractivity contribution is 0.0353. The van der Waals surface area contributed by atoms with E-state index >= 15 is 0 Å². The lowest BCUT2D eigenvalue weighted by Crippen LogP contribution is -2.38. The fourth-order valence-electron chi connectivity index (χ4n) is 1.80. The summed E-state index contributed by atoms with van der Waals surface area (Å²) >= 11 is 0. The fourth-order valence-corrected chi connectivity index (χ4v) is 1.80. The monoisotopic (exact) mass is 250 g/mol. The SMILES string of the molecule is CCN(Cc1ccnc(C(=N)N)c1)CC(C)(C)O. The summed E-state index contributed by atoms with van der Waals surface area (Å²) in [6, 6.07) is 3.72. The summed E-state index contributed by atoms with van der Waals surface area (Å²) in [5.74, 6) is -0.0256. The highest BCUT2D eigenvalue weighted by molar-refractivity contribution is 5.93. The van der Waals surface area contributed by atoms with Crippen LogP contribution in [0.5, 0.6) is 0 Å². The Kier molecular flexibility index (Phi) is 4.81. The predicted octanol–water partition coefficient (Wildman–Crippen LogP) is 0.958. The van der Waals surface area contributed by atoms with Crippen molar-refractivity contribution in [2.24, 2.45) is 5.73 Å². The molecule has 1 heterocycles. The normalized spacial score (nSPS) is 11.8. The van der Waals surface area contributed by atoms with E-state index in [1.807, 2.05) is 12.1 Å². The summed E-state index contributed by atoms with van der Waals surface area (Å²) in [6.07, 6.45) is 1.66. The van der Waals surface area contributed by atoms with Crippen LogP contribution in [0.3, 0.4) is 0 Å². The Morgan fingerprint density at radius 1 is 1.56 bits per heavy atom. The van der Waals surface area contributed by atoms with Crippen molar-refractivity contribution in [1.82, 2.24) is 9.88 Å². The fraction of sp³-hybridized carbons (Fsp3) is 0.538. The standard InChI is InChI=1S/C13H22N4O/c1-4-17(9-13(2,3)18)8-10-5-6-16-11(7-10)12(14)15/h5-7,18H,4,8-9H2,1-3H3,(H3,14,15). The Morgan fingerprint density at radius 2 is 2.22 bits per heavy atom. The van der Waals surface area contributed by atoms with Crippen molar-refractivity contribution in [3.63, 3.8) is 0 Å². The molecule has 1 aromatic rings. The van der Waals surface area contributed by atoms with E-state index in [1.54, 1.807) is 20.0 Å². The first-order valence-electron chi connectivity index (χ1n) is 6.06. The Labute approximate surface area is 108 Å². The zero-order valence-electron chi connectivity index (χ0n) is 11.3. The summed E-state index contributed by atoms with van der Waals surface area (Å²) in [7, 11) is 0. The zero-order valence-corrected chi connectivity index (χ0v) is 11.3. The van der Waals surface area contributed by atoms with Gasteiger partial charge in [-0.05, 0) is 38.1 Å². The van der Waals surface area contributed by atoms with Crippen molar-refractivity contribution in [2.45, 2.75) is 32.9 Å². The number of nitrogens with two attached hydrogens (primary N) is 1. The van der Waals surface area contributed by atoms with Gasteiger partial charge in [0.2, 0.25) is 0 Å². The first-order chi connectivity index (χ1) is 8.31. The second-order valence-electron chi connectivity index (χ2n) is 5.08. The topological polar surface area (TPSA) is 86.2 Å². The molecule has 0 aliphatic carbocycles. The van der Waals surface area contributed by atoms with Gasteiger partial charge in [0.05, 0.1) is 5.60 Å². The lowest BCUT2D eigenvalue weighted by Gasteiger charge is -2.28. The summed E-state index contributed by atoms with van der Waals surface area (Å²) in [4.78, 5) is 6.17. The smallest absolute Gasteiger partial charge is 0.141 e. The van der Waals surface area contributed by atoms with E-state index in [0.29, 0.717) is 18.8 Å². The summed E-state index contributed by atoms with van der Waals surface area (Å²) in [6.45, 7) is 7.80. The van der Waals surface area contributed by atoms with Crippen LogP contribution in [-0.4, -0.2) is 39.5 Å². The third-order valence-electron chi connectivity index (χ3n) is 2.56. The summed E-state index contributed by atoms with van der Waals surface area (Å²) in [5.41, 5.74) is 6.23. The van der Waals surface area contributed by atoms with E-state index < -0.39 is 5.60 Å². The average molecular weight is 250 g/mol. The van der Waals surface area contributed by atoms with Crippen LogP contribution in [0.15, 0.2) is 18.3 Å². The van der Waals surface area contributed by atoms with Gasteiger partial charge in [-0.25, -0.2) is 0 Å². The van der Waals surface area contributed by atoms with Crippen LogP contribution in [-0.2, 0) is 6.54 Å². The van der Waals surface area contributed by atoms with Crippen LogP contribution in [0.25, 0.3) is 0 Å². The Balaban J connectivity index is 2.76. The van der Waals surface area contributed by atoms with Gasteiger partial charge in [0, 0.05) is 19.3 Å². The van der Waals surface area contributed by atoms with E-state index in [1.165, 1.54) is 0 Å². The van der Waals surface area contributed by atoms with E-state index in [9.17, 15) is 5.11 Å². The molecule has 0 spiro atoms. The van der Waals surface area contributed by atoms with E-state index in [2.05, 4.69) is 16.8 Å². The number of aliphatic hydroxyl groups is 1. The van der Waals surface area contributed by atoms with Gasteiger partial charge in [0.15, 0.2) is 0 Å². The number of aromatic nitrogens is 1. The maximum atomic E-state index is 9.83. The maximum absolute atomic E-state index is 9.83. The molecule has 0 unspecified atom stereocenters. The zero-order chi connectivity index (χ0) is 13.8. The second-order valence-corrected chi connectivity index (χ2v) is 5.08. The molecular formula is C13H22N4O. The molecule has 18 heavy (non-hydrogen) atoms. The van der Waals surface area contributed by atoms with Gasteiger partial charge >= 0.3 is 0 Å². The van der Waals surface area contributed by atoms with Crippen LogP contribution in [0.1, 0.15) is 32.0 Å². The molecular weight excluding hydrogens is 228 g/mol. The highest BCUT2D eigenvalue weighted by Gasteiger charge is 2.17. The second kappa shape index (κ2) is 5.93. The number of amidine groups is 1. The minimum absolute atomic E-state index is 0.0256. The Bertz CT molecular complexity index is 412. The summed E-state index contributed by atoms with van der Waals surface area (Å²) < 4.78 is 0. The Morgan fingerprint density at radius 3 is 2.72 bits per heavy atom. The molecule has 0 aliphatic rings. The number of nitrogen functional groups attached to an aromatic ring is 1. The molecule has 0 aromatic carbocycles. The molecule has 0 radical (unpaired) electrons. The number of nitrogens with one attached hydrogen (secondary N) is 1. The number of likely N-dealkylation sites (N-methyl/N-ethyl adjacent to an activating group) is 1. The van der Waals surface area contributed by atoms with Crippen molar-refractivity contribution in [3.8, 4) is 0 Å². The molecule has 0 aliphatic heterocycles. The highest BCUT2D eigenvalue weighted by atomic mass is 16.3. The largest absolute Gasteiger partial charge is 0.389 e. The molecule has 0 saturated carbocycles. The van der Waals surface area contributed by atoms with Gasteiger partial charge in [0.25, 0.3) is 0 Å². The van der Waals surface area contributed by atoms with Crippen LogP contribution in [0, 0.1) is 5.41 Å². The number of rotatable bonds is 6. The molecule has 0 saturated heterocycles. The molecule has 0 atom stereocenters. The van der Waals surface area contributed by atoms with E-state index in [4.69, 9.17) is 11.1 Å². The van der Waals surface area contributed by atoms with Crippen molar-refractivity contribution < 1.29 is 5.11 Å². The molecule has 5 heteroatoms. The van der Waals surface area contributed by atoms with Crippen LogP contribution >= 0.6 is 0 Å². The molecule has 0 bridgehead atoms. The Hall–Kier alpha value is -1.46. The van der Waals surface area contributed by atoms with Gasteiger partial charge in [-0.2, -0.15) is 0 Å². The minimum Gasteiger partial charge on any atom is -0.389 e. The van der Waals surface area contributed by atoms with Crippen molar-refractivity contribution in [1.29, 1.82) is 5.41 Å². The first-order valence-corrected chi connectivity index (χ1v) is 6.06.